The molecule has 0 saturated carbocycles. The number of fused-ring (bicyclic) bond motifs is 1. The Hall–Kier alpha value is -4.56. The number of rotatable bonds is 3. The van der Waals surface area contributed by atoms with Gasteiger partial charge in [-0.25, -0.2) is 4.98 Å². The van der Waals surface area contributed by atoms with E-state index in [0.29, 0.717) is 39.2 Å². The van der Waals surface area contributed by atoms with E-state index in [4.69, 9.17) is 4.98 Å². The summed E-state index contributed by atoms with van der Waals surface area (Å²) in [5.41, 5.74) is 3.38. The second-order valence-corrected chi connectivity index (χ2v) is 6.99. The van der Waals surface area contributed by atoms with Crippen LogP contribution < -0.4 is 5.56 Å². The molecule has 0 radical (unpaired) electrons. The van der Waals surface area contributed by atoms with Crippen LogP contribution in [0, 0.1) is 11.3 Å². The van der Waals surface area contributed by atoms with Crippen LogP contribution in [0.1, 0.15) is 5.56 Å². The predicted molar refractivity (Wildman–Crippen MR) is 121 cm³/mol. The van der Waals surface area contributed by atoms with E-state index in [1.165, 1.54) is 0 Å². The minimum absolute atomic E-state index is 0.232. The van der Waals surface area contributed by atoms with E-state index in [0.717, 1.165) is 5.56 Å². The van der Waals surface area contributed by atoms with E-state index in [-0.39, 0.29) is 5.56 Å². The maximum Gasteiger partial charge on any atom is 0.266 e. The quantitative estimate of drug-likeness (QED) is 0.428. The summed E-state index contributed by atoms with van der Waals surface area (Å²) in [6.07, 6.45) is 1.69. The number of nitrogens with zero attached hydrogens (tertiary/aromatic N) is 4. The molecule has 0 amide bonds. The highest BCUT2D eigenvalue weighted by molar-refractivity contribution is 5.83. The molecule has 146 valence electrons. The largest absolute Gasteiger partial charge is 0.268 e. The Kier molecular flexibility index (Phi) is 4.58. The second-order valence-electron chi connectivity index (χ2n) is 6.99. The number of hydrogen-bond donors (Lipinski definition) is 0. The maximum absolute atomic E-state index is 13.8. The lowest BCUT2D eigenvalue weighted by molar-refractivity contribution is 0.972. The van der Waals surface area contributed by atoms with Crippen molar-refractivity contribution in [3.05, 3.63) is 113 Å². The van der Waals surface area contributed by atoms with Gasteiger partial charge in [0.1, 0.15) is 11.9 Å². The van der Waals surface area contributed by atoms with Crippen LogP contribution in [-0.4, -0.2) is 14.5 Å². The Morgan fingerprint density at radius 1 is 0.806 bits per heavy atom. The van der Waals surface area contributed by atoms with Crippen molar-refractivity contribution in [2.45, 2.75) is 0 Å². The van der Waals surface area contributed by atoms with Crippen molar-refractivity contribution in [2.75, 3.05) is 0 Å². The summed E-state index contributed by atoms with van der Waals surface area (Å²) < 4.78 is 1.54. The molecule has 0 aliphatic rings. The van der Waals surface area contributed by atoms with Crippen molar-refractivity contribution in [1.29, 1.82) is 5.26 Å². The molecule has 3 aromatic carbocycles. The first-order chi connectivity index (χ1) is 15.3. The summed E-state index contributed by atoms with van der Waals surface area (Å²) in [6, 6.07) is 30.0. The van der Waals surface area contributed by atoms with Gasteiger partial charge < -0.3 is 0 Å². The van der Waals surface area contributed by atoms with Crippen LogP contribution in [0.5, 0.6) is 0 Å². The molecule has 5 nitrogen and oxygen atoms in total. The summed E-state index contributed by atoms with van der Waals surface area (Å²) in [7, 11) is 0. The Morgan fingerprint density at radius 3 is 2.35 bits per heavy atom. The van der Waals surface area contributed by atoms with Crippen LogP contribution in [0.3, 0.4) is 0 Å². The first-order valence-electron chi connectivity index (χ1n) is 9.80. The van der Waals surface area contributed by atoms with Crippen molar-refractivity contribution in [1.82, 2.24) is 14.5 Å². The fourth-order valence-corrected chi connectivity index (χ4v) is 3.72. The highest BCUT2D eigenvalue weighted by atomic mass is 16.1. The molecule has 5 aromatic rings. The third kappa shape index (κ3) is 3.17. The Balaban J connectivity index is 1.96. The molecule has 0 saturated heterocycles. The third-order valence-corrected chi connectivity index (χ3v) is 5.13. The Bertz CT molecular complexity index is 1500. The summed E-state index contributed by atoms with van der Waals surface area (Å²) in [4.78, 5) is 23.1. The fourth-order valence-electron chi connectivity index (χ4n) is 3.72. The molecule has 2 aromatic heterocycles. The lowest BCUT2D eigenvalue weighted by Gasteiger charge is -2.18. The van der Waals surface area contributed by atoms with E-state index < -0.39 is 0 Å². The van der Waals surface area contributed by atoms with Gasteiger partial charge in [0, 0.05) is 17.3 Å². The topological polar surface area (TPSA) is 71.6 Å². The molecule has 0 atom stereocenters. The average Bonchev–Trinajstić information content (AvgIpc) is 2.85. The summed E-state index contributed by atoms with van der Waals surface area (Å²) >= 11 is 0. The monoisotopic (exact) mass is 400 g/mol. The predicted octanol–water partition coefficient (Wildman–Crippen LogP) is 4.99. The molecule has 0 aliphatic carbocycles. The lowest BCUT2D eigenvalue weighted by Crippen LogP contribution is -2.23. The highest BCUT2D eigenvalue weighted by Crippen LogP contribution is 2.31. The van der Waals surface area contributed by atoms with Gasteiger partial charge in [0.2, 0.25) is 0 Å². The third-order valence-electron chi connectivity index (χ3n) is 5.13. The van der Waals surface area contributed by atoms with Crippen LogP contribution in [-0.2, 0) is 0 Å². The van der Waals surface area contributed by atoms with Crippen LogP contribution in [0.15, 0.2) is 102 Å². The normalized spacial score (nSPS) is 10.7. The zero-order chi connectivity index (χ0) is 21.2. The molecular weight excluding hydrogens is 384 g/mol. The second kappa shape index (κ2) is 7.69. The Morgan fingerprint density at radius 2 is 1.58 bits per heavy atom. The zero-order valence-electron chi connectivity index (χ0n) is 16.4. The smallest absolute Gasteiger partial charge is 0.266 e. The van der Waals surface area contributed by atoms with Crippen molar-refractivity contribution in [2.24, 2.45) is 0 Å². The minimum Gasteiger partial charge on any atom is -0.268 e. The van der Waals surface area contributed by atoms with Gasteiger partial charge in [-0.15, -0.1) is 0 Å². The summed E-state index contributed by atoms with van der Waals surface area (Å²) in [5, 5.41) is 10.4. The van der Waals surface area contributed by atoms with Crippen LogP contribution >= 0.6 is 0 Å². The number of hydrogen-bond acceptors (Lipinski definition) is 4. The highest BCUT2D eigenvalue weighted by Gasteiger charge is 2.20. The van der Waals surface area contributed by atoms with Gasteiger partial charge in [-0.05, 0) is 30.3 Å². The van der Waals surface area contributed by atoms with Crippen LogP contribution in [0.2, 0.25) is 0 Å². The minimum atomic E-state index is -0.232. The van der Waals surface area contributed by atoms with E-state index >= 15 is 0 Å². The van der Waals surface area contributed by atoms with Crippen molar-refractivity contribution < 1.29 is 0 Å². The van der Waals surface area contributed by atoms with E-state index in [9.17, 15) is 10.1 Å². The van der Waals surface area contributed by atoms with Gasteiger partial charge in [-0.2, -0.15) is 5.26 Å². The van der Waals surface area contributed by atoms with E-state index in [1.807, 2.05) is 72.8 Å². The lowest BCUT2D eigenvalue weighted by atomic mass is 10.0. The number of benzene rings is 3. The molecule has 0 bridgehead atoms. The molecule has 5 heteroatoms. The van der Waals surface area contributed by atoms with Gasteiger partial charge in [0.15, 0.2) is 0 Å². The molecule has 2 heterocycles. The average molecular weight is 400 g/mol. The van der Waals surface area contributed by atoms with Crippen LogP contribution in [0.25, 0.3) is 39.2 Å². The molecular formula is C26H16N4O. The number of pyridine rings is 1. The number of aromatic nitrogens is 3. The SMILES string of the molecule is N#Cc1cccc(-c2ccccn2)c1-n1c(-c2ccccc2)nc2ccccc2c1=O. The first-order valence-corrected chi connectivity index (χ1v) is 9.80. The molecule has 0 N–H and O–H groups in total. The number of nitriles is 1. The summed E-state index contributed by atoms with van der Waals surface area (Å²) in [6.45, 7) is 0. The van der Waals surface area contributed by atoms with Crippen molar-refractivity contribution in [3.8, 4) is 34.4 Å². The van der Waals surface area contributed by atoms with Crippen molar-refractivity contribution in [3.63, 3.8) is 0 Å². The number of para-hydroxylation sites is 2. The molecule has 0 spiro atoms. The zero-order valence-corrected chi connectivity index (χ0v) is 16.4. The first kappa shape index (κ1) is 18.5. The van der Waals surface area contributed by atoms with Gasteiger partial charge in [-0.1, -0.05) is 60.7 Å². The fraction of sp³-hybridized carbons (Fsp3) is 0. The van der Waals surface area contributed by atoms with Gasteiger partial charge in [0.25, 0.3) is 5.56 Å². The van der Waals surface area contributed by atoms with Crippen LogP contribution in [0.4, 0.5) is 0 Å². The molecule has 5 rings (SSSR count). The standard InChI is InChI=1S/C26H16N4O/c27-17-19-11-8-13-20(22-14-6-7-16-28-22)24(19)30-25(18-9-2-1-3-10-18)29-23-15-5-4-12-21(23)26(30)31/h1-16H. The van der Waals surface area contributed by atoms with Gasteiger partial charge >= 0.3 is 0 Å². The van der Waals surface area contributed by atoms with Crippen molar-refractivity contribution >= 4 is 10.9 Å². The molecule has 31 heavy (non-hydrogen) atoms. The summed E-state index contributed by atoms with van der Waals surface area (Å²) in [5.74, 6) is 0.476. The van der Waals surface area contributed by atoms with Gasteiger partial charge in [0.05, 0.1) is 27.8 Å². The maximum atomic E-state index is 13.8. The molecule has 0 aliphatic heterocycles. The van der Waals surface area contributed by atoms with E-state index in [2.05, 4.69) is 11.1 Å². The van der Waals surface area contributed by atoms with Gasteiger partial charge in [-0.3, -0.25) is 14.3 Å². The molecule has 0 unspecified atom stereocenters. The Labute approximate surface area is 178 Å². The van der Waals surface area contributed by atoms with E-state index in [1.54, 1.807) is 29.0 Å². The molecule has 0 fully saturated rings.